The van der Waals surface area contributed by atoms with E-state index in [4.69, 9.17) is 23.2 Å². The molecule has 0 spiro atoms. The topological polar surface area (TPSA) is 20.2 Å². The molecule has 94 valence electrons. The lowest BCUT2D eigenvalue weighted by molar-refractivity contribution is 0.178. The van der Waals surface area contributed by atoms with Gasteiger partial charge < -0.3 is 5.11 Å². The largest absolute Gasteiger partial charge is 0.388 e. The second-order valence-electron chi connectivity index (χ2n) is 4.02. The van der Waals surface area contributed by atoms with Gasteiger partial charge in [0.2, 0.25) is 0 Å². The van der Waals surface area contributed by atoms with Gasteiger partial charge in [-0.25, -0.2) is 4.39 Å². The lowest BCUT2D eigenvalue weighted by Crippen LogP contribution is -2.03. The maximum absolute atomic E-state index is 13.0. The molecule has 1 nitrogen and oxygen atoms in total. The first-order chi connectivity index (χ1) is 8.56. The highest BCUT2D eigenvalue weighted by Gasteiger charge is 2.13. The van der Waals surface area contributed by atoms with E-state index in [1.165, 1.54) is 12.1 Å². The van der Waals surface area contributed by atoms with E-state index in [9.17, 15) is 9.50 Å². The number of hydrogen-bond donors (Lipinski definition) is 1. The zero-order chi connectivity index (χ0) is 13.1. The summed E-state index contributed by atoms with van der Waals surface area (Å²) in [5.41, 5.74) is 1.26. The summed E-state index contributed by atoms with van der Waals surface area (Å²) in [6.07, 6.45) is -0.518. The molecule has 0 aromatic heterocycles. The lowest BCUT2D eigenvalue weighted by Gasteiger charge is -2.13. The van der Waals surface area contributed by atoms with Gasteiger partial charge in [-0.3, -0.25) is 0 Å². The van der Waals surface area contributed by atoms with Crippen LogP contribution >= 0.6 is 23.2 Å². The predicted octanol–water partition coefficient (Wildman–Crippen LogP) is 4.41. The minimum Gasteiger partial charge on any atom is -0.388 e. The van der Waals surface area contributed by atoms with Crippen molar-refractivity contribution in [3.8, 4) is 0 Å². The van der Waals surface area contributed by atoms with E-state index in [1.54, 1.807) is 30.3 Å². The van der Waals surface area contributed by atoms with Crippen molar-refractivity contribution in [3.05, 3.63) is 69.5 Å². The maximum Gasteiger partial charge on any atom is 0.123 e. The Hall–Kier alpha value is -1.09. The molecule has 18 heavy (non-hydrogen) atoms. The van der Waals surface area contributed by atoms with Crippen molar-refractivity contribution in [2.75, 3.05) is 0 Å². The minimum atomic E-state index is -0.807. The summed E-state index contributed by atoms with van der Waals surface area (Å²) in [4.78, 5) is 0. The zero-order valence-electron chi connectivity index (χ0n) is 9.41. The van der Waals surface area contributed by atoms with Crippen LogP contribution in [0.4, 0.5) is 4.39 Å². The molecule has 0 fully saturated rings. The van der Waals surface area contributed by atoms with Gasteiger partial charge in [-0.2, -0.15) is 0 Å². The van der Waals surface area contributed by atoms with E-state index in [-0.39, 0.29) is 12.2 Å². The predicted molar refractivity (Wildman–Crippen MR) is 71.5 cm³/mol. The molecule has 2 aromatic carbocycles. The van der Waals surface area contributed by atoms with E-state index in [0.717, 1.165) is 0 Å². The molecule has 0 aliphatic carbocycles. The molecule has 0 bridgehead atoms. The second kappa shape index (κ2) is 5.70. The van der Waals surface area contributed by atoms with Crippen molar-refractivity contribution in [1.82, 2.24) is 0 Å². The number of aliphatic hydroxyl groups excluding tert-OH is 1. The van der Waals surface area contributed by atoms with Crippen molar-refractivity contribution < 1.29 is 9.50 Å². The number of aliphatic hydroxyl groups is 1. The molecular formula is C14H11Cl2FO. The van der Waals surface area contributed by atoms with Crippen LogP contribution < -0.4 is 0 Å². The molecule has 1 N–H and O–H groups in total. The molecule has 2 rings (SSSR count). The van der Waals surface area contributed by atoms with Crippen LogP contribution in [0.2, 0.25) is 10.0 Å². The summed E-state index contributed by atoms with van der Waals surface area (Å²) < 4.78 is 13.0. The highest BCUT2D eigenvalue weighted by atomic mass is 35.5. The maximum atomic E-state index is 13.0. The van der Waals surface area contributed by atoms with Gasteiger partial charge >= 0.3 is 0 Å². The molecule has 1 unspecified atom stereocenters. The molecular weight excluding hydrogens is 274 g/mol. The Labute approximate surface area is 115 Å². The third-order valence-electron chi connectivity index (χ3n) is 2.64. The summed E-state index contributed by atoms with van der Waals surface area (Å²) in [6.45, 7) is 0. The van der Waals surface area contributed by atoms with Crippen LogP contribution in [-0.2, 0) is 6.42 Å². The Kier molecular flexibility index (Phi) is 4.23. The van der Waals surface area contributed by atoms with Gasteiger partial charge in [-0.1, -0.05) is 35.3 Å². The summed E-state index contributed by atoms with van der Waals surface area (Å²) in [5, 5.41) is 11.1. The van der Waals surface area contributed by atoms with Crippen molar-refractivity contribution in [2.45, 2.75) is 12.5 Å². The van der Waals surface area contributed by atoms with Crippen molar-refractivity contribution >= 4 is 23.2 Å². The van der Waals surface area contributed by atoms with Gasteiger partial charge in [0.15, 0.2) is 0 Å². The molecule has 0 amide bonds. The van der Waals surface area contributed by atoms with Crippen molar-refractivity contribution in [1.29, 1.82) is 0 Å². The van der Waals surface area contributed by atoms with Crippen LogP contribution in [0.5, 0.6) is 0 Å². The summed E-state index contributed by atoms with van der Waals surface area (Å²) in [6, 6.07) is 11.0. The minimum absolute atomic E-state index is 0.290. The Morgan fingerprint density at radius 1 is 1.11 bits per heavy atom. The molecule has 4 heteroatoms. The number of benzene rings is 2. The van der Waals surface area contributed by atoms with Gasteiger partial charge in [0.1, 0.15) is 5.82 Å². The smallest absolute Gasteiger partial charge is 0.123 e. The summed E-state index contributed by atoms with van der Waals surface area (Å²) in [7, 11) is 0. The van der Waals surface area contributed by atoms with Gasteiger partial charge in [0, 0.05) is 22.0 Å². The third-order valence-corrected chi connectivity index (χ3v) is 3.21. The monoisotopic (exact) mass is 284 g/mol. The summed E-state index contributed by atoms with van der Waals surface area (Å²) in [5.74, 6) is -0.322. The van der Waals surface area contributed by atoms with E-state index in [0.29, 0.717) is 21.2 Å². The zero-order valence-corrected chi connectivity index (χ0v) is 10.9. The third kappa shape index (κ3) is 3.22. The fourth-order valence-electron chi connectivity index (χ4n) is 1.77. The Bertz CT molecular complexity index is 557. The van der Waals surface area contributed by atoms with E-state index in [1.807, 2.05) is 0 Å². The van der Waals surface area contributed by atoms with Gasteiger partial charge in [0.25, 0.3) is 0 Å². The molecule has 2 aromatic rings. The normalized spacial score (nSPS) is 12.4. The number of rotatable bonds is 3. The van der Waals surface area contributed by atoms with Gasteiger partial charge in [-0.05, 0) is 35.9 Å². The van der Waals surface area contributed by atoms with Crippen LogP contribution in [-0.4, -0.2) is 5.11 Å². The van der Waals surface area contributed by atoms with E-state index < -0.39 is 6.10 Å². The molecule has 0 saturated heterocycles. The Morgan fingerprint density at radius 2 is 1.89 bits per heavy atom. The van der Waals surface area contributed by atoms with Crippen molar-refractivity contribution in [2.24, 2.45) is 0 Å². The van der Waals surface area contributed by atoms with Crippen LogP contribution in [0.3, 0.4) is 0 Å². The first-order valence-electron chi connectivity index (χ1n) is 5.44. The summed E-state index contributed by atoms with van der Waals surface area (Å²) >= 11 is 11.9. The first kappa shape index (κ1) is 13.3. The van der Waals surface area contributed by atoms with Crippen molar-refractivity contribution in [3.63, 3.8) is 0 Å². The van der Waals surface area contributed by atoms with E-state index >= 15 is 0 Å². The molecule has 0 saturated carbocycles. The first-order valence-corrected chi connectivity index (χ1v) is 6.19. The Balaban J connectivity index is 2.21. The lowest BCUT2D eigenvalue weighted by atomic mass is 10.0. The Morgan fingerprint density at radius 3 is 2.61 bits per heavy atom. The molecule has 0 radical (unpaired) electrons. The highest BCUT2D eigenvalue weighted by molar-refractivity contribution is 6.33. The standard InChI is InChI=1S/C14H11Cl2FO/c15-10-4-5-13(16)12(8-10)14(18)7-9-2-1-3-11(17)6-9/h1-6,8,14,18H,7H2. The van der Waals surface area contributed by atoms with Crippen LogP contribution in [0.15, 0.2) is 42.5 Å². The van der Waals surface area contributed by atoms with Crippen LogP contribution in [0.1, 0.15) is 17.2 Å². The molecule has 1 atom stereocenters. The number of halogens is 3. The molecule has 0 aliphatic rings. The fourth-order valence-corrected chi connectivity index (χ4v) is 2.19. The molecule has 0 aliphatic heterocycles. The van der Waals surface area contributed by atoms with Crippen LogP contribution in [0.25, 0.3) is 0 Å². The second-order valence-corrected chi connectivity index (χ2v) is 4.86. The highest BCUT2D eigenvalue weighted by Crippen LogP contribution is 2.28. The quantitative estimate of drug-likeness (QED) is 0.885. The van der Waals surface area contributed by atoms with Crippen LogP contribution in [0, 0.1) is 5.82 Å². The average molecular weight is 285 g/mol. The molecule has 0 heterocycles. The number of hydrogen-bond acceptors (Lipinski definition) is 1. The fraction of sp³-hybridized carbons (Fsp3) is 0.143. The average Bonchev–Trinajstić information content (AvgIpc) is 2.32. The van der Waals surface area contributed by atoms with Gasteiger partial charge in [-0.15, -0.1) is 0 Å². The SMILES string of the molecule is OC(Cc1cccc(F)c1)c1cc(Cl)ccc1Cl. The van der Waals surface area contributed by atoms with E-state index in [2.05, 4.69) is 0 Å². The van der Waals surface area contributed by atoms with Gasteiger partial charge in [0.05, 0.1) is 6.10 Å².